The van der Waals surface area contributed by atoms with E-state index in [1.165, 1.54) is 51.5 Å². The molecule has 2 heteroatoms. The lowest BCUT2D eigenvalue weighted by Crippen LogP contribution is -2.53. The number of rotatable bonds is 6. The molecule has 2 N–H and O–H groups in total. The van der Waals surface area contributed by atoms with Gasteiger partial charge >= 0.3 is 0 Å². The van der Waals surface area contributed by atoms with Gasteiger partial charge in [0.2, 0.25) is 0 Å². The van der Waals surface area contributed by atoms with Crippen molar-refractivity contribution in [3.05, 3.63) is 0 Å². The Bertz CT molecular complexity index is 180. The Labute approximate surface area is 102 Å². The van der Waals surface area contributed by atoms with Crippen LogP contribution in [0.3, 0.4) is 0 Å². The minimum atomic E-state index is 0.330. The summed E-state index contributed by atoms with van der Waals surface area (Å²) in [4.78, 5) is 2.71. The molecule has 0 aromatic heterocycles. The third-order valence-electron chi connectivity index (χ3n) is 4.03. The predicted octanol–water partition coefficient (Wildman–Crippen LogP) is 3.16. The topological polar surface area (TPSA) is 29.3 Å². The van der Waals surface area contributed by atoms with Gasteiger partial charge in [0, 0.05) is 18.1 Å². The Hall–Kier alpha value is -0.0800. The minimum absolute atomic E-state index is 0.330. The first-order chi connectivity index (χ1) is 7.70. The molecule has 96 valence electrons. The maximum absolute atomic E-state index is 6.14. The summed E-state index contributed by atoms with van der Waals surface area (Å²) >= 11 is 0. The van der Waals surface area contributed by atoms with Gasteiger partial charge in [0.1, 0.15) is 0 Å². The smallest absolute Gasteiger partial charge is 0.0247 e. The first-order valence-electron chi connectivity index (χ1n) is 7.22. The number of nitrogens with zero attached hydrogens (tertiary/aromatic N) is 1. The molecule has 1 aliphatic rings. The van der Waals surface area contributed by atoms with E-state index in [2.05, 4.69) is 25.7 Å². The van der Waals surface area contributed by atoms with Gasteiger partial charge in [-0.3, -0.25) is 4.90 Å². The average Bonchev–Trinajstić information content (AvgIpc) is 2.30. The number of nitrogens with two attached hydrogens (primary N) is 1. The molecule has 0 spiro atoms. The highest BCUT2D eigenvalue weighted by Gasteiger charge is 2.29. The zero-order chi connectivity index (χ0) is 12.0. The van der Waals surface area contributed by atoms with Crippen molar-refractivity contribution in [1.82, 2.24) is 4.90 Å². The van der Waals surface area contributed by atoms with Gasteiger partial charge in [0.05, 0.1) is 0 Å². The summed E-state index contributed by atoms with van der Waals surface area (Å²) in [6.07, 6.45) is 9.35. The molecule has 3 atom stereocenters. The number of hydrogen-bond donors (Lipinski definition) is 1. The fraction of sp³-hybridized carbons (Fsp3) is 1.00. The van der Waals surface area contributed by atoms with E-state index < -0.39 is 0 Å². The van der Waals surface area contributed by atoms with Crippen molar-refractivity contribution in [2.75, 3.05) is 6.54 Å². The van der Waals surface area contributed by atoms with E-state index in [1.54, 1.807) is 0 Å². The van der Waals surface area contributed by atoms with Crippen LogP contribution in [0.2, 0.25) is 0 Å². The lowest BCUT2D eigenvalue weighted by atomic mass is 9.93. The van der Waals surface area contributed by atoms with Crippen LogP contribution in [0.15, 0.2) is 0 Å². The van der Waals surface area contributed by atoms with Crippen molar-refractivity contribution >= 4 is 0 Å². The second-order valence-corrected chi connectivity index (χ2v) is 5.36. The molecular formula is C14H30N2. The van der Waals surface area contributed by atoms with Crippen molar-refractivity contribution in [2.45, 2.75) is 83.8 Å². The predicted molar refractivity (Wildman–Crippen MR) is 71.6 cm³/mol. The van der Waals surface area contributed by atoms with E-state index >= 15 is 0 Å². The Morgan fingerprint density at radius 2 is 2.06 bits per heavy atom. The number of likely N-dealkylation sites (tertiary alicyclic amines) is 1. The molecule has 1 heterocycles. The Kier molecular flexibility index (Phi) is 6.37. The molecule has 3 unspecified atom stereocenters. The Morgan fingerprint density at radius 3 is 2.62 bits per heavy atom. The van der Waals surface area contributed by atoms with Crippen molar-refractivity contribution in [1.29, 1.82) is 0 Å². The summed E-state index contributed by atoms with van der Waals surface area (Å²) in [5.74, 6) is 0. The van der Waals surface area contributed by atoms with Crippen LogP contribution in [-0.2, 0) is 0 Å². The molecule has 1 rings (SSSR count). The molecule has 0 saturated carbocycles. The van der Waals surface area contributed by atoms with Crippen LogP contribution in [0.1, 0.15) is 65.7 Å². The van der Waals surface area contributed by atoms with E-state index in [4.69, 9.17) is 5.73 Å². The molecule has 1 fully saturated rings. The van der Waals surface area contributed by atoms with Crippen LogP contribution in [-0.4, -0.2) is 29.6 Å². The van der Waals surface area contributed by atoms with Gasteiger partial charge in [-0.1, -0.05) is 33.1 Å². The van der Waals surface area contributed by atoms with Crippen LogP contribution >= 0.6 is 0 Å². The van der Waals surface area contributed by atoms with E-state index in [1.807, 2.05) is 0 Å². The fourth-order valence-electron chi connectivity index (χ4n) is 3.04. The first kappa shape index (κ1) is 14.0. The van der Waals surface area contributed by atoms with E-state index in [9.17, 15) is 0 Å². The molecular weight excluding hydrogens is 196 g/mol. The van der Waals surface area contributed by atoms with Crippen LogP contribution in [0, 0.1) is 0 Å². The third kappa shape index (κ3) is 3.74. The molecule has 0 aliphatic carbocycles. The van der Waals surface area contributed by atoms with Crippen LogP contribution in [0.5, 0.6) is 0 Å². The highest BCUT2D eigenvalue weighted by Crippen LogP contribution is 2.25. The molecule has 0 amide bonds. The molecule has 0 aromatic rings. The zero-order valence-corrected chi connectivity index (χ0v) is 11.4. The Morgan fingerprint density at radius 1 is 1.31 bits per heavy atom. The van der Waals surface area contributed by atoms with Gasteiger partial charge in [-0.15, -0.1) is 0 Å². The summed E-state index contributed by atoms with van der Waals surface area (Å²) in [5, 5.41) is 0. The van der Waals surface area contributed by atoms with Crippen molar-refractivity contribution < 1.29 is 0 Å². The summed E-state index contributed by atoms with van der Waals surface area (Å²) in [7, 11) is 0. The minimum Gasteiger partial charge on any atom is -0.327 e. The third-order valence-corrected chi connectivity index (χ3v) is 4.03. The second-order valence-electron chi connectivity index (χ2n) is 5.36. The van der Waals surface area contributed by atoms with Crippen molar-refractivity contribution in [2.24, 2.45) is 5.73 Å². The van der Waals surface area contributed by atoms with Gasteiger partial charge in [-0.05, 0) is 39.2 Å². The van der Waals surface area contributed by atoms with Crippen molar-refractivity contribution in [3.8, 4) is 0 Å². The van der Waals surface area contributed by atoms with Gasteiger partial charge in [-0.25, -0.2) is 0 Å². The van der Waals surface area contributed by atoms with Crippen LogP contribution in [0.4, 0.5) is 0 Å². The molecule has 1 saturated heterocycles. The Balaban J connectivity index is 2.56. The average molecular weight is 226 g/mol. The highest BCUT2D eigenvalue weighted by atomic mass is 15.2. The molecule has 2 nitrogen and oxygen atoms in total. The summed E-state index contributed by atoms with van der Waals surface area (Å²) in [5.41, 5.74) is 6.14. The summed E-state index contributed by atoms with van der Waals surface area (Å²) < 4.78 is 0. The van der Waals surface area contributed by atoms with Crippen LogP contribution in [0.25, 0.3) is 0 Å². The maximum atomic E-state index is 6.14. The van der Waals surface area contributed by atoms with Gasteiger partial charge in [0.25, 0.3) is 0 Å². The lowest BCUT2D eigenvalue weighted by Gasteiger charge is -2.43. The van der Waals surface area contributed by atoms with E-state index in [0.717, 1.165) is 6.04 Å². The van der Waals surface area contributed by atoms with Gasteiger partial charge in [0.15, 0.2) is 0 Å². The monoisotopic (exact) mass is 226 g/mol. The molecule has 0 bridgehead atoms. The number of unbranched alkanes of at least 4 members (excludes halogenated alkanes) is 1. The highest BCUT2D eigenvalue weighted by molar-refractivity contribution is 4.87. The molecule has 0 aromatic carbocycles. The fourth-order valence-corrected chi connectivity index (χ4v) is 3.04. The normalized spacial score (nSPS) is 26.6. The zero-order valence-electron chi connectivity index (χ0n) is 11.4. The standard InChI is InChI=1S/C14H30N2/c1-4-6-9-13(5-2)16-11-8-7-10-14(16)12(3)15/h12-14H,4-11,15H2,1-3H3. The van der Waals surface area contributed by atoms with E-state index in [-0.39, 0.29) is 0 Å². The van der Waals surface area contributed by atoms with Crippen LogP contribution < -0.4 is 5.73 Å². The van der Waals surface area contributed by atoms with Crippen molar-refractivity contribution in [3.63, 3.8) is 0 Å². The lowest BCUT2D eigenvalue weighted by molar-refractivity contribution is 0.0731. The largest absolute Gasteiger partial charge is 0.327 e. The first-order valence-corrected chi connectivity index (χ1v) is 7.22. The SMILES string of the molecule is CCCCC(CC)N1CCCCC1C(C)N. The van der Waals surface area contributed by atoms with E-state index in [0.29, 0.717) is 12.1 Å². The second kappa shape index (κ2) is 7.29. The maximum Gasteiger partial charge on any atom is 0.0247 e. The van der Waals surface area contributed by atoms with Gasteiger partial charge < -0.3 is 5.73 Å². The number of hydrogen-bond acceptors (Lipinski definition) is 2. The molecule has 0 radical (unpaired) electrons. The molecule has 1 aliphatic heterocycles. The number of piperidine rings is 1. The summed E-state index contributed by atoms with van der Waals surface area (Å²) in [6.45, 7) is 8.06. The molecule has 16 heavy (non-hydrogen) atoms. The summed E-state index contributed by atoms with van der Waals surface area (Å²) in [6, 6.07) is 1.74. The van der Waals surface area contributed by atoms with Gasteiger partial charge in [-0.2, -0.15) is 0 Å². The quantitative estimate of drug-likeness (QED) is 0.754.